The minimum Gasteiger partial charge on any atom is -0.479 e. The van der Waals surface area contributed by atoms with Gasteiger partial charge in [0.1, 0.15) is 16.8 Å². The average Bonchev–Trinajstić information content (AvgIpc) is 2.62. The van der Waals surface area contributed by atoms with Crippen LogP contribution in [0.2, 0.25) is 0 Å². The van der Waals surface area contributed by atoms with Crippen molar-refractivity contribution >= 4 is 24.1 Å². The average molecular weight is 519 g/mol. The van der Waals surface area contributed by atoms with E-state index < -0.39 is 46.6 Å². The zero-order valence-electron chi connectivity index (χ0n) is 23.3. The van der Waals surface area contributed by atoms with Gasteiger partial charge in [-0.25, -0.2) is 14.4 Å². The molecule has 36 heavy (non-hydrogen) atoms. The van der Waals surface area contributed by atoms with E-state index in [1.165, 1.54) is 4.90 Å². The van der Waals surface area contributed by atoms with Crippen LogP contribution in [0, 0.1) is 0 Å². The number of carbonyl (C=O) groups is 4. The smallest absolute Gasteiger partial charge is 0.407 e. The summed E-state index contributed by atoms with van der Waals surface area (Å²) in [5.41, 5.74) is 2.41. The molecule has 0 unspecified atom stereocenters. The summed E-state index contributed by atoms with van der Waals surface area (Å²) in [6.45, 7) is 15.7. The lowest BCUT2D eigenvalue weighted by Crippen LogP contribution is -2.64. The molecule has 0 aliphatic carbocycles. The largest absolute Gasteiger partial charge is 0.479 e. The summed E-state index contributed by atoms with van der Waals surface area (Å²) < 4.78 is 15.7. The Kier molecular flexibility index (Phi) is 12.7. The molecule has 1 atom stereocenters. The van der Waals surface area contributed by atoms with E-state index in [4.69, 9.17) is 19.9 Å². The molecule has 0 fully saturated rings. The molecule has 5 N–H and O–H groups in total. The molecule has 0 aliphatic heterocycles. The zero-order chi connectivity index (χ0) is 28.4. The van der Waals surface area contributed by atoms with Crippen molar-refractivity contribution in [3.8, 4) is 0 Å². The first-order chi connectivity index (χ1) is 16.1. The molecule has 0 aromatic heterocycles. The van der Waals surface area contributed by atoms with Crippen molar-refractivity contribution in [1.82, 2.24) is 15.5 Å². The van der Waals surface area contributed by atoms with Crippen LogP contribution >= 0.6 is 0 Å². The predicted octanol–water partition coefficient (Wildman–Crippen LogP) is 2.59. The van der Waals surface area contributed by atoms with Crippen molar-refractivity contribution in [1.29, 1.82) is 0 Å². The molecule has 0 saturated heterocycles. The van der Waals surface area contributed by atoms with Gasteiger partial charge in [0.15, 0.2) is 5.66 Å². The number of carboxylic acid groups (broad SMARTS) is 1. The van der Waals surface area contributed by atoms with Gasteiger partial charge in [0, 0.05) is 32.6 Å². The number of hydrogen-bond donors (Lipinski definition) is 4. The Morgan fingerprint density at radius 3 is 1.47 bits per heavy atom. The predicted molar refractivity (Wildman–Crippen MR) is 134 cm³/mol. The normalized spacial score (nSPS) is 14.0. The molecule has 2 amide bonds. The molecule has 0 saturated carbocycles. The maximum absolute atomic E-state index is 12.2. The monoisotopic (exact) mass is 518 g/mol. The third kappa shape index (κ3) is 15.4. The fraction of sp³-hybridized carbons (Fsp3) is 0.833. The highest BCUT2D eigenvalue weighted by molar-refractivity contribution is 5.78. The zero-order valence-corrected chi connectivity index (χ0v) is 23.3. The maximum Gasteiger partial charge on any atom is 0.407 e. The van der Waals surface area contributed by atoms with Gasteiger partial charge in [-0.15, -0.1) is 0 Å². The topological polar surface area (TPSA) is 170 Å². The minimum absolute atomic E-state index is 0.0103. The highest BCUT2D eigenvalue weighted by Gasteiger charge is 2.40. The van der Waals surface area contributed by atoms with E-state index in [2.05, 4.69) is 10.6 Å². The van der Waals surface area contributed by atoms with Crippen molar-refractivity contribution in [2.75, 3.05) is 26.2 Å². The Balaban J connectivity index is 5.34. The number of ether oxygens (including phenoxy) is 3. The van der Waals surface area contributed by atoms with Crippen LogP contribution in [0.15, 0.2) is 0 Å². The molecule has 0 heterocycles. The Morgan fingerprint density at radius 1 is 0.750 bits per heavy atom. The maximum atomic E-state index is 12.2. The van der Waals surface area contributed by atoms with Crippen LogP contribution in [-0.4, -0.2) is 82.8 Å². The van der Waals surface area contributed by atoms with Gasteiger partial charge in [0.25, 0.3) is 0 Å². The van der Waals surface area contributed by atoms with Gasteiger partial charge in [0.05, 0.1) is 0 Å². The van der Waals surface area contributed by atoms with Crippen molar-refractivity contribution < 1.29 is 38.5 Å². The summed E-state index contributed by atoms with van der Waals surface area (Å²) in [6, 6.07) is 0. The summed E-state index contributed by atoms with van der Waals surface area (Å²) in [7, 11) is 0. The second-order valence-corrected chi connectivity index (χ2v) is 11.5. The van der Waals surface area contributed by atoms with Gasteiger partial charge in [-0.1, -0.05) is 0 Å². The van der Waals surface area contributed by atoms with Crippen molar-refractivity contribution in [2.24, 2.45) is 5.73 Å². The number of nitrogens with two attached hydrogens (primary N) is 1. The van der Waals surface area contributed by atoms with Crippen LogP contribution in [0.3, 0.4) is 0 Å². The number of nitrogens with zero attached hydrogens (tertiary/aromatic N) is 1. The van der Waals surface area contributed by atoms with E-state index in [9.17, 15) is 24.3 Å². The first kappa shape index (κ1) is 33.4. The molecule has 0 rings (SSSR count). The van der Waals surface area contributed by atoms with Crippen molar-refractivity contribution in [3.05, 3.63) is 0 Å². The third-order valence-electron chi connectivity index (χ3n) is 4.39. The lowest BCUT2D eigenvalue weighted by molar-refractivity contribution is -0.157. The van der Waals surface area contributed by atoms with Crippen molar-refractivity contribution in [2.45, 2.75) is 104 Å². The number of rotatable bonds is 12. The van der Waals surface area contributed by atoms with Crippen molar-refractivity contribution in [3.63, 3.8) is 0 Å². The first-order valence-electron chi connectivity index (χ1n) is 12.1. The summed E-state index contributed by atoms with van der Waals surface area (Å²) in [5, 5.41) is 15.1. The van der Waals surface area contributed by atoms with Crippen LogP contribution in [0.25, 0.3) is 0 Å². The Labute approximate surface area is 214 Å². The van der Waals surface area contributed by atoms with Crippen LogP contribution in [0.1, 0.15) is 81.6 Å². The van der Waals surface area contributed by atoms with Gasteiger partial charge in [-0.3, -0.25) is 9.69 Å². The summed E-state index contributed by atoms with van der Waals surface area (Å²) in [4.78, 5) is 49.7. The molecule has 12 heteroatoms. The summed E-state index contributed by atoms with van der Waals surface area (Å²) in [5.74, 6) is -1.76. The molecule has 0 bridgehead atoms. The standard InChI is InChI=1S/C24H46N4O8/c1-21(2,3)34-17(29)11-10-12-24(25,18(30)31)28(15-13-26-19(32)35-22(4,5)6)16-14-27-20(33)36-23(7,8)9/h10-16,25H2,1-9H3,(H,26,32)(H,27,33)(H,30,31)/t24-/m0/s1. The Hall–Kier alpha value is -2.60. The molecular weight excluding hydrogens is 472 g/mol. The number of carboxylic acids is 1. The summed E-state index contributed by atoms with van der Waals surface area (Å²) in [6.07, 6.45) is -1.23. The highest BCUT2D eigenvalue weighted by atomic mass is 16.6. The van der Waals surface area contributed by atoms with E-state index in [1.54, 1.807) is 62.3 Å². The minimum atomic E-state index is -1.87. The van der Waals surface area contributed by atoms with Crippen LogP contribution < -0.4 is 16.4 Å². The number of hydrogen-bond acceptors (Lipinski definition) is 9. The molecule has 0 aliphatic rings. The molecule has 210 valence electrons. The Morgan fingerprint density at radius 2 is 1.14 bits per heavy atom. The second-order valence-electron chi connectivity index (χ2n) is 11.5. The van der Waals surface area contributed by atoms with Crippen LogP contribution in [0.5, 0.6) is 0 Å². The Bertz CT molecular complexity index is 719. The molecular formula is C24H46N4O8. The lowest BCUT2D eigenvalue weighted by Gasteiger charge is -2.38. The number of aliphatic carboxylic acids is 1. The second kappa shape index (κ2) is 13.6. The van der Waals surface area contributed by atoms with Crippen LogP contribution in [-0.2, 0) is 23.8 Å². The van der Waals surface area contributed by atoms with Gasteiger partial charge in [-0.05, 0) is 75.2 Å². The number of alkyl carbamates (subject to hydrolysis) is 2. The number of esters is 1. The van der Waals surface area contributed by atoms with E-state index in [0.717, 1.165) is 0 Å². The van der Waals surface area contributed by atoms with E-state index in [1.807, 2.05) is 0 Å². The van der Waals surface area contributed by atoms with Gasteiger partial charge >= 0.3 is 24.1 Å². The molecule has 0 radical (unpaired) electrons. The molecule has 0 spiro atoms. The molecule has 0 aromatic rings. The van der Waals surface area contributed by atoms with E-state index >= 15 is 0 Å². The van der Waals surface area contributed by atoms with Gasteiger partial charge in [-0.2, -0.15) is 0 Å². The fourth-order valence-electron chi connectivity index (χ4n) is 3.02. The first-order valence-corrected chi connectivity index (χ1v) is 12.1. The summed E-state index contributed by atoms with van der Waals surface area (Å²) >= 11 is 0. The quantitative estimate of drug-likeness (QED) is 0.171. The highest BCUT2D eigenvalue weighted by Crippen LogP contribution is 2.19. The van der Waals surface area contributed by atoms with E-state index in [0.29, 0.717) is 0 Å². The lowest BCUT2D eigenvalue weighted by atomic mass is 10.0. The molecule has 0 aromatic carbocycles. The number of amides is 2. The fourth-order valence-corrected chi connectivity index (χ4v) is 3.02. The van der Waals surface area contributed by atoms with Crippen LogP contribution in [0.4, 0.5) is 9.59 Å². The number of nitrogens with one attached hydrogen (secondary N) is 2. The third-order valence-corrected chi connectivity index (χ3v) is 4.39. The number of carbonyl (C=O) groups excluding carboxylic acids is 3. The SMILES string of the molecule is CC(C)(C)OC(=O)CCC[C@@](N)(C(=O)O)N(CCNC(=O)OC(C)(C)C)CCNC(=O)OC(C)(C)C. The van der Waals surface area contributed by atoms with E-state index in [-0.39, 0.29) is 45.4 Å². The van der Waals surface area contributed by atoms with Gasteiger partial charge in [0.2, 0.25) is 0 Å². The molecule has 12 nitrogen and oxygen atoms in total. The van der Waals surface area contributed by atoms with Gasteiger partial charge < -0.3 is 35.7 Å².